The monoisotopic (exact) mass is 412 g/mol. The second kappa shape index (κ2) is 9.70. The van der Waals surface area contributed by atoms with Crippen molar-refractivity contribution in [2.75, 3.05) is 16.8 Å². The second-order valence-electron chi connectivity index (χ2n) is 5.68. The number of para-hydroxylation sites is 1. The first-order valence-corrected chi connectivity index (χ1v) is 10.7. The first-order valence-electron chi connectivity index (χ1n) is 8.37. The summed E-state index contributed by atoms with van der Waals surface area (Å²) >= 11 is 9.39. The van der Waals surface area contributed by atoms with Gasteiger partial charge in [-0.05, 0) is 29.7 Å². The highest BCUT2D eigenvalue weighted by Crippen LogP contribution is 2.33. The molecule has 3 rings (SSSR count). The molecule has 3 aromatic carbocycles. The van der Waals surface area contributed by atoms with Gasteiger partial charge in [0.2, 0.25) is 5.91 Å². The maximum absolute atomic E-state index is 12.5. The molecule has 0 aliphatic heterocycles. The molecule has 6 heteroatoms. The van der Waals surface area contributed by atoms with Crippen LogP contribution >= 0.6 is 35.1 Å². The number of carbonyl (C=O) groups excluding carboxylic acids is 1. The second-order valence-corrected chi connectivity index (χ2v) is 8.24. The van der Waals surface area contributed by atoms with Crippen LogP contribution in [-0.2, 0) is 4.79 Å². The van der Waals surface area contributed by atoms with Gasteiger partial charge < -0.3 is 5.32 Å². The number of amides is 1. The van der Waals surface area contributed by atoms with Crippen LogP contribution in [0.1, 0.15) is 6.42 Å². The van der Waals surface area contributed by atoms with E-state index in [1.165, 1.54) is 11.8 Å². The molecule has 0 unspecified atom stereocenters. The fourth-order valence-corrected chi connectivity index (χ4v) is 4.72. The summed E-state index contributed by atoms with van der Waals surface area (Å²) in [4.78, 5) is 14.4. The van der Waals surface area contributed by atoms with E-state index in [9.17, 15) is 4.79 Å². The van der Waals surface area contributed by atoms with Gasteiger partial charge >= 0.3 is 0 Å². The van der Waals surface area contributed by atoms with E-state index in [4.69, 9.17) is 16.9 Å². The van der Waals surface area contributed by atoms with Crippen LogP contribution in [0.15, 0.2) is 70.5 Å². The summed E-state index contributed by atoms with van der Waals surface area (Å²) in [5.41, 5.74) is 0.780. The molecule has 0 saturated carbocycles. The molecule has 0 saturated heterocycles. The number of fused-ring (bicyclic) bond motifs is 1. The fraction of sp³-hybridized carbons (Fsp3) is 0.143. The Labute approximate surface area is 172 Å². The molecular formula is C21H17ClN2OS2. The zero-order chi connectivity index (χ0) is 19.1. The van der Waals surface area contributed by atoms with Crippen molar-refractivity contribution in [1.29, 1.82) is 5.26 Å². The van der Waals surface area contributed by atoms with Gasteiger partial charge in [-0.1, -0.05) is 48.0 Å². The van der Waals surface area contributed by atoms with Crippen molar-refractivity contribution in [2.45, 2.75) is 16.2 Å². The number of hydrogen-bond donors (Lipinski definition) is 1. The lowest BCUT2D eigenvalue weighted by Crippen LogP contribution is -2.14. The van der Waals surface area contributed by atoms with Crippen molar-refractivity contribution < 1.29 is 4.79 Å². The number of hydrogen-bond acceptors (Lipinski definition) is 4. The van der Waals surface area contributed by atoms with E-state index in [0.29, 0.717) is 22.9 Å². The van der Waals surface area contributed by atoms with E-state index < -0.39 is 0 Å². The molecule has 0 aliphatic carbocycles. The number of nitriles is 1. The van der Waals surface area contributed by atoms with Crippen molar-refractivity contribution in [3.63, 3.8) is 0 Å². The van der Waals surface area contributed by atoms with Crippen molar-refractivity contribution in [3.8, 4) is 6.07 Å². The Morgan fingerprint density at radius 2 is 1.74 bits per heavy atom. The van der Waals surface area contributed by atoms with Crippen LogP contribution < -0.4 is 5.32 Å². The SMILES string of the molecule is N#CCCSc1ccccc1NC(=O)CSc1cccc2cccc(Cl)c12. The molecule has 0 aromatic heterocycles. The van der Waals surface area contributed by atoms with Crippen LogP contribution in [-0.4, -0.2) is 17.4 Å². The fourth-order valence-electron chi connectivity index (χ4n) is 2.61. The highest BCUT2D eigenvalue weighted by molar-refractivity contribution is 8.00. The van der Waals surface area contributed by atoms with Gasteiger partial charge in [-0.25, -0.2) is 0 Å². The number of nitrogens with one attached hydrogen (secondary N) is 1. The smallest absolute Gasteiger partial charge is 0.234 e. The van der Waals surface area contributed by atoms with Gasteiger partial charge in [-0.3, -0.25) is 4.79 Å². The van der Waals surface area contributed by atoms with Gasteiger partial charge in [0.15, 0.2) is 0 Å². The van der Waals surface area contributed by atoms with Crippen LogP contribution in [0.2, 0.25) is 5.02 Å². The Bertz CT molecular complexity index is 996. The van der Waals surface area contributed by atoms with E-state index in [-0.39, 0.29) is 5.91 Å². The number of nitrogens with zero attached hydrogens (tertiary/aromatic N) is 1. The summed E-state index contributed by atoms with van der Waals surface area (Å²) in [6.07, 6.45) is 0.477. The molecule has 3 nitrogen and oxygen atoms in total. The molecule has 0 aliphatic rings. The minimum absolute atomic E-state index is 0.0719. The summed E-state index contributed by atoms with van der Waals surface area (Å²) in [6.45, 7) is 0. The number of carbonyl (C=O) groups is 1. The first-order chi connectivity index (χ1) is 13.2. The largest absolute Gasteiger partial charge is 0.324 e. The molecule has 1 N–H and O–H groups in total. The third-order valence-corrected chi connectivity index (χ3v) is 6.25. The normalized spacial score (nSPS) is 10.5. The lowest BCUT2D eigenvalue weighted by atomic mass is 10.1. The summed E-state index contributed by atoms with van der Waals surface area (Å²) < 4.78 is 0. The third kappa shape index (κ3) is 5.20. The summed E-state index contributed by atoms with van der Waals surface area (Å²) in [5, 5.41) is 14.4. The van der Waals surface area contributed by atoms with E-state index >= 15 is 0 Å². The molecule has 0 spiro atoms. The van der Waals surface area contributed by atoms with Crippen LogP contribution in [0.3, 0.4) is 0 Å². The molecule has 3 aromatic rings. The van der Waals surface area contributed by atoms with Gasteiger partial charge in [0.1, 0.15) is 0 Å². The lowest BCUT2D eigenvalue weighted by Gasteiger charge is -2.11. The van der Waals surface area contributed by atoms with Crippen LogP contribution in [0, 0.1) is 11.3 Å². The quantitative estimate of drug-likeness (QED) is 0.369. The molecular weight excluding hydrogens is 396 g/mol. The molecule has 0 bridgehead atoms. The molecule has 136 valence electrons. The molecule has 0 radical (unpaired) electrons. The van der Waals surface area contributed by atoms with E-state index in [2.05, 4.69) is 11.4 Å². The number of anilines is 1. The van der Waals surface area contributed by atoms with Crippen LogP contribution in [0.25, 0.3) is 10.8 Å². The Hall–Kier alpha value is -2.13. The Balaban J connectivity index is 1.67. The summed E-state index contributed by atoms with van der Waals surface area (Å²) in [5.74, 6) is 0.922. The molecule has 0 atom stereocenters. The number of rotatable bonds is 7. The Kier molecular flexibility index (Phi) is 7.05. The van der Waals surface area contributed by atoms with Crippen molar-refractivity contribution in [2.24, 2.45) is 0 Å². The highest BCUT2D eigenvalue weighted by Gasteiger charge is 2.10. The van der Waals surface area contributed by atoms with Crippen molar-refractivity contribution >= 4 is 57.5 Å². The van der Waals surface area contributed by atoms with Crippen molar-refractivity contribution in [3.05, 3.63) is 65.7 Å². The zero-order valence-electron chi connectivity index (χ0n) is 14.4. The first kappa shape index (κ1) is 19.6. The highest BCUT2D eigenvalue weighted by atomic mass is 35.5. The molecule has 27 heavy (non-hydrogen) atoms. The van der Waals surface area contributed by atoms with Crippen LogP contribution in [0.5, 0.6) is 0 Å². The summed E-state index contributed by atoms with van der Waals surface area (Å²) in [7, 11) is 0. The zero-order valence-corrected chi connectivity index (χ0v) is 16.8. The Morgan fingerprint density at radius 1 is 1.00 bits per heavy atom. The molecule has 1 amide bonds. The van der Waals surface area contributed by atoms with Gasteiger partial charge in [-0.2, -0.15) is 5.26 Å². The maximum atomic E-state index is 12.5. The standard InChI is InChI=1S/C21H17ClN2OS2/c22-16-8-3-6-15-7-4-11-19(21(15)16)27-14-20(25)24-17-9-1-2-10-18(17)26-13-5-12-23/h1-4,6-11H,5,13-14H2,(H,24,25). The number of thioether (sulfide) groups is 2. The molecule has 0 heterocycles. The molecule has 0 fully saturated rings. The topological polar surface area (TPSA) is 52.9 Å². The predicted octanol–water partition coefficient (Wildman–Crippen LogP) is 6.23. The average Bonchev–Trinajstić information content (AvgIpc) is 2.68. The number of benzene rings is 3. The third-order valence-electron chi connectivity index (χ3n) is 3.81. The van der Waals surface area contributed by atoms with Gasteiger partial charge in [0, 0.05) is 32.4 Å². The predicted molar refractivity (Wildman–Crippen MR) is 116 cm³/mol. The average molecular weight is 413 g/mol. The van der Waals surface area contributed by atoms with Gasteiger partial charge in [-0.15, -0.1) is 23.5 Å². The number of halogens is 1. The Morgan fingerprint density at radius 3 is 2.56 bits per heavy atom. The minimum atomic E-state index is -0.0719. The van der Waals surface area contributed by atoms with Crippen LogP contribution in [0.4, 0.5) is 5.69 Å². The maximum Gasteiger partial charge on any atom is 0.234 e. The summed E-state index contributed by atoms with van der Waals surface area (Å²) in [6, 6.07) is 21.6. The van der Waals surface area contributed by atoms with E-state index in [1.54, 1.807) is 11.8 Å². The van der Waals surface area contributed by atoms with Gasteiger partial charge in [0.05, 0.1) is 17.5 Å². The lowest BCUT2D eigenvalue weighted by molar-refractivity contribution is -0.113. The van der Waals surface area contributed by atoms with E-state index in [1.807, 2.05) is 60.7 Å². The van der Waals surface area contributed by atoms with Crippen molar-refractivity contribution in [1.82, 2.24) is 0 Å². The van der Waals surface area contributed by atoms with Gasteiger partial charge in [0.25, 0.3) is 0 Å². The minimum Gasteiger partial charge on any atom is -0.324 e. The van der Waals surface area contributed by atoms with E-state index in [0.717, 1.165) is 26.3 Å².